The summed E-state index contributed by atoms with van der Waals surface area (Å²) < 4.78 is 26.4. The highest BCUT2D eigenvalue weighted by atomic mass is 31.2. The van der Waals surface area contributed by atoms with Crippen molar-refractivity contribution in [1.29, 1.82) is 0 Å². The molecule has 0 N–H and O–H groups in total. The first-order valence-electron chi connectivity index (χ1n) is 11.9. The third-order valence-corrected chi connectivity index (χ3v) is 8.76. The predicted octanol–water partition coefficient (Wildman–Crippen LogP) is 8.30. The first-order valence-corrected chi connectivity index (χ1v) is 13.1. The highest BCUT2D eigenvalue weighted by Crippen LogP contribution is 2.66. The molecule has 0 aromatic heterocycles. The molecule has 0 amide bonds. The van der Waals surface area contributed by atoms with Crippen molar-refractivity contribution < 1.29 is 18.5 Å². The van der Waals surface area contributed by atoms with Crippen molar-refractivity contribution in [2.75, 3.05) is 0 Å². The van der Waals surface area contributed by atoms with Gasteiger partial charge in [0.2, 0.25) is 8.38 Å². The van der Waals surface area contributed by atoms with Crippen LogP contribution in [0.5, 0.6) is 28.7 Å². The van der Waals surface area contributed by atoms with Gasteiger partial charge in [0.15, 0.2) is 0 Å². The predicted molar refractivity (Wildman–Crippen MR) is 137 cm³/mol. The smallest absolute Gasteiger partial charge is 0.236 e. The fourth-order valence-corrected chi connectivity index (χ4v) is 6.90. The molecule has 0 bridgehead atoms. The number of hydrogen-bond acceptors (Lipinski definition) is 4. The van der Waals surface area contributed by atoms with Crippen molar-refractivity contribution in [3.8, 4) is 28.7 Å². The maximum atomic E-state index is 6.80. The van der Waals surface area contributed by atoms with Crippen LogP contribution in [0, 0.1) is 0 Å². The molecule has 7 rings (SSSR count). The van der Waals surface area contributed by atoms with Crippen LogP contribution in [0.4, 0.5) is 0 Å². The average molecular weight is 481 g/mol. The van der Waals surface area contributed by atoms with Crippen LogP contribution in [0.25, 0.3) is 0 Å². The highest BCUT2D eigenvalue weighted by Gasteiger charge is 2.54. The van der Waals surface area contributed by atoms with Gasteiger partial charge in [0.1, 0.15) is 28.7 Å². The Morgan fingerprint density at radius 3 is 1.83 bits per heavy atom. The van der Waals surface area contributed by atoms with Crippen LogP contribution in [0.1, 0.15) is 48.6 Å². The lowest BCUT2D eigenvalue weighted by atomic mass is 9.61. The number of hydrogen-bond donors (Lipinski definition) is 0. The number of benzene rings is 4. The summed E-state index contributed by atoms with van der Waals surface area (Å²) in [5.41, 5.74) is 4.68. The van der Waals surface area contributed by atoms with E-state index in [1.165, 1.54) is 0 Å². The number of para-hydroxylation sites is 2. The van der Waals surface area contributed by atoms with E-state index >= 15 is 0 Å². The van der Waals surface area contributed by atoms with Crippen molar-refractivity contribution in [3.05, 3.63) is 113 Å². The largest absolute Gasteiger partial charge is 0.457 e. The first kappa shape index (κ1) is 21.0. The number of fused-ring (bicyclic) bond motifs is 2. The lowest BCUT2D eigenvalue weighted by molar-refractivity contribution is 0.288. The molecule has 4 aromatic carbocycles. The van der Waals surface area contributed by atoms with E-state index in [1.54, 1.807) is 0 Å². The van der Waals surface area contributed by atoms with Gasteiger partial charge in [-0.25, -0.2) is 0 Å². The summed E-state index contributed by atoms with van der Waals surface area (Å²) in [4.78, 5) is 0. The molecule has 3 aliphatic heterocycles. The zero-order chi connectivity index (χ0) is 23.8. The van der Waals surface area contributed by atoms with Gasteiger partial charge in [0.25, 0.3) is 0 Å². The van der Waals surface area contributed by atoms with Gasteiger partial charge in [0, 0.05) is 21.8 Å². The Hall–Kier alpha value is -3.33. The SMILES string of the molecule is CC(C)(C)P1OCc2cccc3c2[C@]2(c4ccccc4O3)c3ccccc3Oc3cccc(c32)O1. The Balaban J connectivity index is 1.69. The molecule has 0 saturated carbocycles. The third-order valence-electron chi connectivity index (χ3n) is 6.94. The molecule has 4 aromatic rings. The lowest BCUT2D eigenvalue weighted by Gasteiger charge is -2.45. The molecule has 1 spiro atoms. The summed E-state index contributed by atoms with van der Waals surface area (Å²) in [6.07, 6.45) is 0. The second-order valence-electron chi connectivity index (χ2n) is 10.2. The monoisotopic (exact) mass is 480 g/mol. The maximum Gasteiger partial charge on any atom is 0.236 e. The molecule has 0 saturated heterocycles. The van der Waals surface area contributed by atoms with Gasteiger partial charge >= 0.3 is 0 Å². The van der Waals surface area contributed by atoms with Crippen LogP contribution in [-0.2, 0) is 16.5 Å². The maximum absolute atomic E-state index is 6.80. The normalized spacial score (nSPS) is 21.3. The second-order valence-corrected chi connectivity index (χ2v) is 12.5. The van der Waals surface area contributed by atoms with Crippen LogP contribution in [0.3, 0.4) is 0 Å². The molecule has 2 atom stereocenters. The molecule has 174 valence electrons. The number of rotatable bonds is 0. The molecule has 1 unspecified atom stereocenters. The average Bonchev–Trinajstić information content (AvgIpc) is 2.92. The highest BCUT2D eigenvalue weighted by molar-refractivity contribution is 7.49. The van der Waals surface area contributed by atoms with E-state index in [9.17, 15) is 0 Å². The van der Waals surface area contributed by atoms with Crippen LogP contribution in [-0.4, -0.2) is 5.16 Å². The van der Waals surface area contributed by atoms with E-state index in [0.717, 1.165) is 56.6 Å². The van der Waals surface area contributed by atoms with Gasteiger partial charge in [-0.2, -0.15) is 0 Å². The van der Waals surface area contributed by atoms with Gasteiger partial charge in [0.05, 0.1) is 17.6 Å². The molecule has 0 radical (unpaired) electrons. The van der Waals surface area contributed by atoms with Crippen molar-refractivity contribution in [2.24, 2.45) is 0 Å². The fourth-order valence-electron chi connectivity index (χ4n) is 5.60. The zero-order valence-electron chi connectivity index (χ0n) is 19.9. The molecule has 35 heavy (non-hydrogen) atoms. The van der Waals surface area contributed by atoms with Crippen LogP contribution < -0.4 is 14.0 Å². The Kier molecular flexibility index (Phi) is 4.40. The third kappa shape index (κ3) is 2.87. The quantitative estimate of drug-likeness (QED) is 0.205. The minimum Gasteiger partial charge on any atom is -0.457 e. The minimum absolute atomic E-state index is 0.176. The summed E-state index contributed by atoms with van der Waals surface area (Å²) in [6.45, 7) is 6.93. The summed E-state index contributed by atoms with van der Waals surface area (Å²) in [5.74, 6) is 4.10. The van der Waals surface area contributed by atoms with Crippen LogP contribution in [0.15, 0.2) is 84.9 Å². The van der Waals surface area contributed by atoms with Crippen LogP contribution >= 0.6 is 8.38 Å². The van der Waals surface area contributed by atoms with Gasteiger partial charge in [-0.1, -0.05) is 75.4 Å². The Labute approximate surface area is 206 Å². The summed E-state index contributed by atoms with van der Waals surface area (Å²) in [7, 11) is -1.24. The zero-order valence-corrected chi connectivity index (χ0v) is 20.8. The van der Waals surface area contributed by atoms with Gasteiger partial charge in [-0.15, -0.1) is 0 Å². The van der Waals surface area contributed by atoms with E-state index in [4.69, 9.17) is 18.5 Å². The van der Waals surface area contributed by atoms with Gasteiger partial charge in [-0.05, 0) is 35.9 Å². The molecule has 3 aliphatic rings. The van der Waals surface area contributed by atoms with E-state index in [1.807, 2.05) is 42.5 Å². The molecular formula is C30H25O4P. The number of ether oxygens (including phenoxy) is 2. The molecule has 5 heteroatoms. The van der Waals surface area contributed by atoms with Gasteiger partial charge < -0.3 is 18.5 Å². The van der Waals surface area contributed by atoms with E-state index in [-0.39, 0.29) is 5.16 Å². The van der Waals surface area contributed by atoms with E-state index in [2.05, 4.69) is 63.2 Å². The Morgan fingerprint density at radius 2 is 1.17 bits per heavy atom. The summed E-state index contributed by atoms with van der Waals surface area (Å²) >= 11 is 0. The molecular weight excluding hydrogens is 455 g/mol. The summed E-state index contributed by atoms with van der Waals surface area (Å²) in [5, 5.41) is -0.176. The standard InChI is InChI=1S/C30H25O4P/c1-29(2,3)35-31-18-19-10-8-15-24-27(19)30(20-11-4-6-13-22(20)32-24)21-12-5-7-14-23(21)33-25-16-9-17-26(34-35)28(25)30/h4-17H,18H2,1-3H3/t30-,35?/m0/s1. The van der Waals surface area contributed by atoms with Crippen molar-refractivity contribution >= 4 is 8.38 Å². The molecule has 3 heterocycles. The minimum atomic E-state index is -1.24. The summed E-state index contributed by atoms with van der Waals surface area (Å²) in [6, 6.07) is 29.0. The van der Waals surface area contributed by atoms with Gasteiger partial charge in [-0.3, -0.25) is 0 Å². The van der Waals surface area contributed by atoms with Crippen molar-refractivity contribution in [2.45, 2.75) is 37.9 Å². The Morgan fingerprint density at radius 1 is 0.629 bits per heavy atom. The molecule has 0 aliphatic carbocycles. The second kappa shape index (κ2) is 7.34. The topological polar surface area (TPSA) is 36.9 Å². The lowest BCUT2D eigenvalue weighted by Crippen LogP contribution is -2.38. The Bertz CT molecular complexity index is 1450. The van der Waals surface area contributed by atoms with E-state index < -0.39 is 13.8 Å². The van der Waals surface area contributed by atoms with Crippen LogP contribution in [0.2, 0.25) is 0 Å². The van der Waals surface area contributed by atoms with Crippen molar-refractivity contribution in [3.63, 3.8) is 0 Å². The first-order chi connectivity index (χ1) is 17.0. The van der Waals surface area contributed by atoms with Crippen molar-refractivity contribution in [1.82, 2.24) is 0 Å². The fraction of sp³-hybridized carbons (Fsp3) is 0.200. The van der Waals surface area contributed by atoms with E-state index in [0.29, 0.717) is 6.61 Å². The molecule has 0 fully saturated rings. The molecule has 4 nitrogen and oxygen atoms in total.